The average molecular weight is 280 g/mol. The smallest absolute Gasteiger partial charge is 0.303 e. The summed E-state index contributed by atoms with van der Waals surface area (Å²) in [5.41, 5.74) is 2.42. The van der Waals surface area contributed by atoms with Gasteiger partial charge in [-0.1, -0.05) is 24.1 Å². The molecule has 4 heteroatoms. The summed E-state index contributed by atoms with van der Waals surface area (Å²) < 4.78 is 0. The second kappa shape index (κ2) is 6.84. The third-order valence-corrected chi connectivity index (χ3v) is 4.24. The highest BCUT2D eigenvalue weighted by atomic mass is 16.4. The molecule has 1 aliphatic rings. The number of allylic oxidation sites excluding steroid dienone is 3. The van der Waals surface area contributed by atoms with Crippen molar-refractivity contribution in [2.75, 3.05) is 6.61 Å². The van der Waals surface area contributed by atoms with Crippen molar-refractivity contribution in [2.24, 2.45) is 5.41 Å². The van der Waals surface area contributed by atoms with E-state index in [1.165, 1.54) is 0 Å². The standard InChI is InChI=1S/C16H24O4/c1-11(5-7-15(19)20)4-6-13-12(2)14(18)8-9-16(13,3)10-17/h4,17H,5-10H2,1-3H3,(H,19,20)/b11-4+/t16-/m0/s1. The zero-order valence-corrected chi connectivity index (χ0v) is 12.5. The summed E-state index contributed by atoms with van der Waals surface area (Å²) in [5, 5.41) is 18.3. The molecular formula is C16H24O4. The molecule has 0 saturated carbocycles. The summed E-state index contributed by atoms with van der Waals surface area (Å²) in [5.74, 6) is -0.649. The van der Waals surface area contributed by atoms with Gasteiger partial charge < -0.3 is 10.2 Å². The van der Waals surface area contributed by atoms with E-state index in [4.69, 9.17) is 5.11 Å². The minimum atomic E-state index is -0.804. The van der Waals surface area contributed by atoms with Crippen molar-refractivity contribution in [3.63, 3.8) is 0 Å². The summed E-state index contributed by atoms with van der Waals surface area (Å²) in [6.07, 6.45) is 4.40. The van der Waals surface area contributed by atoms with Crippen LogP contribution in [0.4, 0.5) is 0 Å². The lowest BCUT2D eigenvalue weighted by molar-refractivity contribution is -0.137. The maximum absolute atomic E-state index is 11.8. The molecule has 0 aromatic carbocycles. The largest absolute Gasteiger partial charge is 0.481 e. The molecule has 112 valence electrons. The van der Waals surface area contributed by atoms with E-state index in [-0.39, 0.29) is 24.2 Å². The van der Waals surface area contributed by atoms with Crippen molar-refractivity contribution in [3.05, 3.63) is 22.8 Å². The first-order valence-corrected chi connectivity index (χ1v) is 7.02. The van der Waals surface area contributed by atoms with E-state index in [1.54, 1.807) is 0 Å². The number of hydrogen-bond donors (Lipinski definition) is 2. The topological polar surface area (TPSA) is 74.6 Å². The molecule has 2 N–H and O–H groups in total. The normalized spacial score (nSPS) is 24.2. The Hall–Kier alpha value is -1.42. The number of carbonyl (C=O) groups excluding carboxylic acids is 1. The van der Waals surface area contributed by atoms with Gasteiger partial charge in [-0.25, -0.2) is 0 Å². The van der Waals surface area contributed by atoms with Crippen molar-refractivity contribution in [3.8, 4) is 0 Å². The van der Waals surface area contributed by atoms with Gasteiger partial charge in [0.1, 0.15) is 0 Å². The molecule has 0 amide bonds. The van der Waals surface area contributed by atoms with Crippen molar-refractivity contribution in [1.82, 2.24) is 0 Å². The van der Waals surface area contributed by atoms with E-state index in [0.717, 1.165) is 16.7 Å². The molecule has 0 aliphatic heterocycles. The summed E-state index contributed by atoms with van der Waals surface area (Å²) in [6, 6.07) is 0. The van der Waals surface area contributed by atoms with Gasteiger partial charge in [-0.15, -0.1) is 0 Å². The number of aliphatic hydroxyl groups is 1. The molecule has 0 spiro atoms. The summed E-state index contributed by atoms with van der Waals surface area (Å²) >= 11 is 0. The van der Waals surface area contributed by atoms with Gasteiger partial charge in [-0.05, 0) is 38.7 Å². The Morgan fingerprint density at radius 3 is 2.60 bits per heavy atom. The number of aliphatic hydroxyl groups excluding tert-OH is 1. The number of ketones is 1. The van der Waals surface area contributed by atoms with Gasteiger partial charge in [0.2, 0.25) is 0 Å². The Balaban J connectivity index is 2.86. The van der Waals surface area contributed by atoms with Gasteiger partial charge in [-0.3, -0.25) is 9.59 Å². The predicted octanol–water partition coefficient (Wildman–Crippen LogP) is 2.87. The van der Waals surface area contributed by atoms with Crippen LogP contribution in [0.2, 0.25) is 0 Å². The monoisotopic (exact) mass is 280 g/mol. The van der Waals surface area contributed by atoms with Gasteiger partial charge in [0.05, 0.1) is 6.61 Å². The lowest BCUT2D eigenvalue weighted by atomic mass is 9.70. The fourth-order valence-electron chi connectivity index (χ4n) is 2.61. The number of aliphatic carboxylic acids is 1. The number of rotatable bonds is 6. The van der Waals surface area contributed by atoms with Crippen molar-refractivity contribution in [2.45, 2.75) is 52.9 Å². The van der Waals surface area contributed by atoms with Crippen LogP contribution in [0.25, 0.3) is 0 Å². The van der Waals surface area contributed by atoms with Crippen LogP contribution in [0, 0.1) is 5.41 Å². The van der Waals surface area contributed by atoms with Crippen molar-refractivity contribution < 1.29 is 19.8 Å². The number of Topliss-reactive ketones (excluding diaryl/α,β-unsaturated/α-hetero) is 1. The molecule has 20 heavy (non-hydrogen) atoms. The maximum Gasteiger partial charge on any atom is 0.303 e. The molecule has 0 aromatic heterocycles. The number of carboxylic acids is 1. The van der Waals surface area contributed by atoms with Crippen LogP contribution < -0.4 is 0 Å². The molecule has 1 rings (SSSR count). The van der Waals surface area contributed by atoms with Gasteiger partial charge in [0.15, 0.2) is 5.78 Å². The highest BCUT2D eigenvalue weighted by molar-refractivity contribution is 5.96. The van der Waals surface area contributed by atoms with Crippen molar-refractivity contribution in [1.29, 1.82) is 0 Å². The lowest BCUT2D eigenvalue weighted by Gasteiger charge is -2.35. The zero-order chi connectivity index (χ0) is 15.3. The molecule has 0 radical (unpaired) electrons. The minimum Gasteiger partial charge on any atom is -0.481 e. The van der Waals surface area contributed by atoms with E-state index >= 15 is 0 Å². The molecule has 1 aliphatic carbocycles. The number of carbonyl (C=O) groups is 2. The quantitative estimate of drug-likeness (QED) is 0.734. The van der Waals surface area contributed by atoms with Crippen molar-refractivity contribution >= 4 is 11.8 Å². The second-order valence-electron chi connectivity index (χ2n) is 5.89. The molecule has 4 nitrogen and oxygen atoms in total. The Bertz CT molecular complexity index is 459. The van der Waals surface area contributed by atoms with E-state index in [2.05, 4.69) is 0 Å². The molecule has 0 bridgehead atoms. The van der Waals surface area contributed by atoms with Gasteiger partial charge in [-0.2, -0.15) is 0 Å². The Labute approximate surface area is 120 Å². The van der Waals surface area contributed by atoms with Crippen LogP contribution in [0.1, 0.15) is 52.9 Å². The molecule has 0 saturated heterocycles. The third-order valence-electron chi connectivity index (χ3n) is 4.24. The van der Waals surface area contributed by atoms with Gasteiger partial charge in [0.25, 0.3) is 0 Å². The summed E-state index contributed by atoms with van der Waals surface area (Å²) in [7, 11) is 0. The highest BCUT2D eigenvalue weighted by Crippen LogP contribution is 2.40. The molecule has 0 heterocycles. The van der Waals surface area contributed by atoms with Crippen LogP contribution in [-0.4, -0.2) is 28.6 Å². The Morgan fingerprint density at radius 1 is 1.40 bits per heavy atom. The van der Waals surface area contributed by atoms with E-state index < -0.39 is 5.97 Å². The van der Waals surface area contributed by atoms with Crippen LogP contribution in [0.3, 0.4) is 0 Å². The molecule has 0 fully saturated rings. The van der Waals surface area contributed by atoms with E-state index in [1.807, 2.05) is 26.8 Å². The maximum atomic E-state index is 11.8. The Morgan fingerprint density at radius 2 is 2.05 bits per heavy atom. The Kier molecular flexibility index (Phi) is 5.69. The van der Waals surface area contributed by atoms with Crippen LogP contribution >= 0.6 is 0 Å². The summed E-state index contributed by atoms with van der Waals surface area (Å²) in [6.45, 7) is 5.75. The molecule has 0 aromatic rings. The fourth-order valence-corrected chi connectivity index (χ4v) is 2.61. The van der Waals surface area contributed by atoms with Gasteiger partial charge >= 0.3 is 5.97 Å². The van der Waals surface area contributed by atoms with Crippen LogP contribution in [-0.2, 0) is 9.59 Å². The first-order valence-electron chi connectivity index (χ1n) is 7.02. The SMILES string of the molecule is CC1=C(C/C=C(\C)CCC(=O)O)[C@](C)(CO)CCC1=O. The van der Waals surface area contributed by atoms with Crippen LogP contribution in [0.5, 0.6) is 0 Å². The third kappa shape index (κ3) is 4.04. The zero-order valence-electron chi connectivity index (χ0n) is 12.5. The van der Waals surface area contributed by atoms with E-state index in [0.29, 0.717) is 25.7 Å². The summed E-state index contributed by atoms with van der Waals surface area (Å²) in [4.78, 5) is 22.4. The molecule has 0 unspecified atom stereocenters. The predicted molar refractivity (Wildman–Crippen MR) is 77.4 cm³/mol. The average Bonchev–Trinajstić information content (AvgIpc) is 2.41. The minimum absolute atomic E-state index is 0.0367. The first kappa shape index (κ1) is 16.6. The number of carboxylic acid groups (broad SMARTS) is 1. The fraction of sp³-hybridized carbons (Fsp3) is 0.625. The van der Waals surface area contributed by atoms with E-state index in [9.17, 15) is 14.7 Å². The highest BCUT2D eigenvalue weighted by Gasteiger charge is 2.34. The number of hydrogen-bond acceptors (Lipinski definition) is 3. The first-order chi connectivity index (χ1) is 9.30. The molecule has 1 atom stereocenters. The second-order valence-corrected chi connectivity index (χ2v) is 5.89. The molecular weight excluding hydrogens is 256 g/mol. The van der Waals surface area contributed by atoms with Gasteiger partial charge in [0, 0.05) is 18.3 Å². The lowest BCUT2D eigenvalue weighted by Crippen LogP contribution is -2.31. The van der Waals surface area contributed by atoms with Crippen LogP contribution in [0.15, 0.2) is 22.8 Å².